The van der Waals surface area contributed by atoms with E-state index in [1.54, 1.807) is 23.1 Å². The molecular weight excluding hydrogens is 616 g/mol. The van der Waals surface area contributed by atoms with E-state index in [1.807, 2.05) is 37.1 Å². The molecule has 45 heavy (non-hydrogen) atoms. The van der Waals surface area contributed by atoms with Gasteiger partial charge in [-0.05, 0) is 68.7 Å². The predicted molar refractivity (Wildman–Crippen MR) is 171 cm³/mol. The Morgan fingerprint density at radius 1 is 1.04 bits per heavy atom. The molecule has 1 aliphatic rings. The van der Waals surface area contributed by atoms with Crippen LogP contribution in [0.2, 0.25) is 10.0 Å². The molecule has 1 fully saturated rings. The average molecular weight is 645 g/mol. The molecule has 0 aliphatic carbocycles. The van der Waals surface area contributed by atoms with Gasteiger partial charge in [-0.1, -0.05) is 28.4 Å². The Bertz CT molecular complexity index is 1950. The highest BCUT2D eigenvalue weighted by Crippen LogP contribution is 2.37. The molecule has 1 aliphatic heterocycles. The van der Waals surface area contributed by atoms with Crippen molar-refractivity contribution in [3.05, 3.63) is 99.4 Å². The Kier molecular flexibility index (Phi) is 8.52. The van der Waals surface area contributed by atoms with Crippen LogP contribution in [0.15, 0.2) is 61.2 Å². The lowest BCUT2D eigenvalue weighted by molar-refractivity contribution is 0.0792. The third-order valence-corrected chi connectivity index (χ3v) is 8.21. The van der Waals surface area contributed by atoms with Gasteiger partial charge >= 0.3 is 0 Å². The smallest absolute Gasteiger partial charge is 0.255 e. The van der Waals surface area contributed by atoms with Gasteiger partial charge in [0, 0.05) is 54.5 Å². The highest BCUT2D eigenvalue weighted by Gasteiger charge is 2.24. The SMILES string of the molecule is CC(C)n1cc([C@@H](Nc2cc(Cl)c3ncc(C#N)c(Nc4ccc(F)c(Cl)c4)c3c2)c2cncc(C(=O)N3CCCC3)c2)nn1. The zero-order chi connectivity index (χ0) is 31.7. The number of nitriles is 1. The molecule has 1 atom stereocenters. The van der Waals surface area contributed by atoms with Gasteiger partial charge in [0.15, 0.2) is 0 Å². The molecular formula is C32H28Cl2FN9O. The standard InChI is InChI=1S/C32H28Cl2FN9O/c1-18(2)44-17-28(41-42-44)30(19-9-20(15-37-14-19)32(45)43-7-3-4-8-43)40-23-10-24-29(39-22-5-6-27(35)25(33)11-22)21(13-36)16-38-31(24)26(34)12-23/h5-6,9-12,14-18,30,40H,3-4,7-8H2,1-2H3,(H,38,39)/t30-/m0/s1. The van der Waals surface area contributed by atoms with Crippen LogP contribution in [0.1, 0.15) is 66.0 Å². The van der Waals surface area contributed by atoms with E-state index in [2.05, 4.69) is 37.0 Å². The molecule has 6 rings (SSSR count). The molecule has 13 heteroatoms. The summed E-state index contributed by atoms with van der Waals surface area (Å²) in [5.74, 6) is -0.620. The van der Waals surface area contributed by atoms with E-state index in [0.29, 0.717) is 49.8 Å². The number of halogens is 3. The minimum atomic E-state index is -0.565. The number of hydrogen-bond acceptors (Lipinski definition) is 8. The van der Waals surface area contributed by atoms with Crippen molar-refractivity contribution in [2.24, 2.45) is 0 Å². The highest BCUT2D eigenvalue weighted by molar-refractivity contribution is 6.36. The summed E-state index contributed by atoms with van der Waals surface area (Å²) in [4.78, 5) is 23.9. The van der Waals surface area contributed by atoms with E-state index in [-0.39, 0.29) is 22.5 Å². The Morgan fingerprint density at radius 2 is 1.82 bits per heavy atom. The van der Waals surface area contributed by atoms with Crippen LogP contribution in [0.5, 0.6) is 0 Å². The number of likely N-dealkylation sites (tertiary alicyclic amines) is 1. The quantitative estimate of drug-likeness (QED) is 0.180. The molecule has 2 aromatic carbocycles. The molecule has 10 nitrogen and oxygen atoms in total. The normalized spacial score (nSPS) is 13.7. The van der Waals surface area contributed by atoms with Crippen LogP contribution >= 0.6 is 23.2 Å². The third-order valence-electron chi connectivity index (χ3n) is 7.63. The second-order valence-electron chi connectivity index (χ2n) is 11.1. The van der Waals surface area contributed by atoms with Crippen LogP contribution in [-0.4, -0.2) is 48.9 Å². The fourth-order valence-electron chi connectivity index (χ4n) is 5.29. The fraction of sp³-hybridized carbons (Fsp3) is 0.250. The van der Waals surface area contributed by atoms with Gasteiger partial charge in [-0.25, -0.2) is 9.07 Å². The van der Waals surface area contributed by atoms with Crippen molar-refractivity contribution < 1.29 is 9.18 Å². The molecule has 1 amide bonds. The summed E-state index contributed by atoms with van der Waals surface area (Å²) in [6, 6.07) is 11.2. The number of nitrogens with zero attached hydrogens (tertiary/aromatic N) is 7. The number of rotatable bonds is 8. The minimum Gasteiger partial charge on any atom is -0.373 e. The van der Waals surface area contributed by atoms with E-state index in [4.69, 9.17) is 23.2 Å². The first-order valence-electron chi connectivity index (χ1n) is 14.4. The summed E-state index contributed by atoms with van der Waals surface area (Å²) in [5.41, 5.74) is 4.01. The van der Waals surface area contributed by atoms with Crippen molar-refractivity contribution in [1.82, 2.24) is 29.9 Å². The summed E-state index contributed by atoms with van der Waals surface area (Å²) in [6.45, 7) is 5.46. The maximum absolute atomic E-state index is 13.9. The van der Waals surface area contributed by atoms with E-state index in [0.717, 1.165) is 25.9 Å². The zero-order valence-electron chi connectivity index (χ0n) is 24.4. The van der Waals surface area contributed by atoms with Crippen LogP contribution in [0.4, 0.5) is 21.5 Å². The van der Waals surface area contributed by atoms with Gasteiger partial charge in [-0.15, -0.1) is 5.10 Å². The molecule has 0 radical (unpaired) electrons. The Morgan fingerprint density at radius 3 is 2.53 bits per heavy atom. The first-order chi connectivity index (χ1) is 21.7. The molecule has 4 heterocycles. The average Bonchev–Trinajstić information content (AvgIpc) is 3.75. The van der Waals surface area contributed by atoms with Gasteiger partial charge in [0.2, 0.25) is 0 Å². The molecule has 2 N–H and O–H groups in total. The van der Waals surface area contributed by atoms with Crippen LogP contribution in [-0.2, 0) is 0 Å². The number of anilines is 3. The van der Waals surface area contributed by atoms with Crippen molar-refractivity contribution in [3.63, 3.8) is 0 Å². The number of hydrogen-bond donors (Lipinski definition) is 2. The van der Waals surface area contributed by atoms with E-state index in [9.17, 15) is 14.4 Å². The Hall–Kier alpha value is -4.79. The first-order valence-corrected chi connectivity index (χ1v) is 15.1. The monoisotopic (exact) mass is 643 g/mol. The second kappa shape index (κ2) is 12.7. The number of carbonyl (C=O) groups excluding carboxylic acids is 1. The van der Waals surface area contributed by atoms with Crippen molar-refractivity contribution in [2.45, 2.75) is 38.8 Å². The molecule has 0 bridgehead atoms. The topological polar surface area (TPSA) is 125 Å². The second-order valence-corrected chi connectivity index (χ2v) is 11.9. The number of aromatic nitrogens is 5. The summed E-state index contributed by atoms with van der Waals surface area (Å²) < 4.78 is 15.6. The number of benzene rings is 2. The number of amides is 1. The molecule has 5 aromatic rings. The molecule has 3 aromatic heterocycles. The highest BCUT2D eigenvalue weighted by atomic mass is 35.5. The lowest BCUT2D eigenvalue weighted by atomic mass is 10.0. The Labute approximate surface area is 268 Å². The van der Waals surface area contributed by atoms with Crippen LogP contribution in [0, 0.1) is 17.1 Å². The molecule has 228 valence electrons. The summed E-state index contributed by atoms with van der Waals surface area (Å²) in [5, 5.41) is 26.2. The summed E-state index contributed by atoms with van der Waals surface area (Å²) in [6.07, 6.45) is 8.51. The van der Waals surface area contributed by atoms with Crippen LogP contribution < -0.4 is 10.6 Å². The first kappa shape index (κ1) is 30.2. The maximum atomic E-state index is 13.9. The summed E-state index contributed by atoms with van der Waals surface area (Å²) in [7, 11) is 0. The lowest BCUT2D eigenvalue weighted by Crippen LogP contribution is -2.28. The summed E-state index contributed by atoms with van der Waals surface area (Å²) >= 11 is 12.8. The van der Waals surface area contributed by atoms with Crippen molar-refractivity contribution in [2.75, 3.05) is 23.7 Å². The molecule has 0 saturated carbocycles. The maximum Gasteiger partial charge on any atom is 0.255 e. The van der Waals surface area contributed by atoms with Gasteiger partial charge in [0.05, 0.1) is 44.6 Å². The molecule has 1 saturated heterocycles. The lowest BCUT2D eigenvalue weighted by Gasteiger charge is -2.21. The number of fused-ring (bicyclic) bond motifs is 1. The van der Waals surface area contributed by atoms with Gasteiger partial charge in [0.1, 0.15) is 17.6 Å². The van der Waals surface area contributed by atoms with E-state index >= 15 is 0 Å². The van der Waals surface area contributed by atoms with Gasteiger partial charge in [-0.2, -0.15) is 5.26 Å². The van der Waals surface area contributed by atoms with E-state index in [1.165, 1.54) is 24.4 Å². The number of nitrogens with one attached hydrogen (secondary N) is 2. The third kappa shape index (κ3) is 6.25. The van der Waals surface area contributed by atoms with Crippen molar-refractivity contribution in [3.8, 4) is 6.07 Å². The van der Waals surface area contributed by atoms with Gasteiger partial charge < -0.3 is 15.5 Å². The Balaban J connectivity index is 1.43. The molecule has 0 spiro atoms. The predicted octanol–water partition coefficient (Wildman–Crippen LogP) is 7.30. The zero-order valence-corrected chi connectivity index (χ0v) is 25.9. The van der Waals surface area contributed by atoms with Crippen molar-refractivity contribution in [1.29, 1.82) is 5.26 Å². The molecule has 0 unspecified atom stereocenters. The van der Waals surface area contributed by atoms with Crippen molar-refractivity contribution >= 4 is 57.1 Å². The fourth-order valence-corrected chi connectivity index (χ4v) is 5.73. The van der Waals surface area contributed by atoms with Gasteiger partial charge in [0.25, 0.3) is 5.91 Å². The minimum absolute atomic E-state index is 0.0615. The van der Waals surface area contributed by atoms with Crippen LogP contribution in [0.25, 0.3) is 10.9 Å². The number of pyridine rings is 2. The van der Waals surface area contributed by atoms with Crippen LogP contribution in [0.3, 0.4) is 0 Å². The number of carbonyl (C=O) groups is 1. The van der Waals surface area contributed by atoms with E-state index < -0.39 is 11.9 Å². The van der Waals surface area contributed by atoms with Gasteiger partial charge in [-0.3, -0.25) is 14.8 Å². The largest absolute Gasteiger partial charge is 0.373 e.